The van der Waals surface area contributed by atoms with Crippen LogP contribution in [0.3, 0.4) is 0 Å². The summed E-state index contributed by atoms with van der Waals surface area (Å²) in [5.41, 5.74) is 0. The molecule has 3 heterocycles. The number of rotatable bonds is 5. The molecule has 122 valence electrons. The fourth-order valence-corrected chi connectivity index (χ4v) is 3.05. The van der Waals surface area contributed by atoms with Gasteiger partial charge in [-0.3, -0.25) is 9.59 Å². The van der Waals surface area contributed by atoms with E-state index in [-0.39, 0.29) is 17.6 Å². The van der Waals surface area contributed by atoms with Crippen molar-refractivity contribution < 1.29 is 14.0 Å². The van der Waals surface area contributed by atoms with Crippen molar-refractivity contribution in [2.45, 2.75) is 25.7 Å². The summed E-state index contributed by atoms with van der Waals surface area (Å²) in [6.07, 6.45) is 7.69. The highest BCUT2D eigenvalue weighted by atomic mass is 16.3. The van der Waals surface area contributed by atoms with Gasteiger partial charge >= 0.3 is 0 Å². The van der Waals surface area contributed by atoms with Gasteiger partial charge in [0.05, 0.1) is 6.26 Å². The number of carbonyl (C=O) groups is 2. The number of hydrogen-bond donors (Lipinski definition) is 0. The van der Waals surface area contributed by atoms with Crippen LogP contribution in [0.5, 0.6) is 0 Å². The lowest BCUT2D eigenvalue weighted by atomic mass is 9.93. The van der Waals surface area contributed by atoms with Crippen LogP contribution in [-0.4, -0.2) is 39.2 Å². The van der Waals surface area contributed by atoms with Crippen molar-refractivity contribution in [2.75, 3.05) is 13.1 Å². The monoisotopic (exact) mass is 315 g/mol. The maximum absolute atomic E-state index is 12.6. The van der Waals surface area contributed by atoms with Crippen molar-refractivity contribution in [1.29, 1.82) is 0 Å². The van der Waals surface area contributed by atoms with Gasteiger partial charge in [0, 0.05) is 51.3 Å². The topological polar surface area (TPSA) is 68.3 Å². The average Bonchev–Trinajstić information content (AvgIpc) is 3.23. The van der Waals surface area contributed by atoms with E-state index in [9.17, 15) is 9.59 Å². The van der Waals surface area contributed by atoms with Gasteiger partial charge in [-0.15, -0.1) is 0 Å². The Hall–Kier alpha value is -2.37. The van der Waals surface area contributed by atoms with Crippen LogP contribution in [0.1, 0.15) is 35.6 Å². The van der Waals surface area contributed by atoms with E-state index in [4.69, 9.17) is 4.42 Å². The molecular formula is C17H21N3O3. The number of imidazole rings is 1. The van der Waals surface area contributed by atoms with E-state index < -0.39 is 0 Å². The first-order valence-corrected chi connectivity index (χ1v) is 7.97. The van der Waals surface area contributed by atoms with Gasteiger partial charge in [0.2, 0.25) is 11.7 Å². The second-order valence-corrected chi connectivity index (χ2v) is 5.98. The maximum Gasteiger partial charge on any atom is 0.223 e. The standard InChI is InChI=1S/C17H21N3O3/c1-19-10-8-18-17(19)16(22)13-4-2-9-20(12-13)15(21)7-6-14-5-3-11-23-14/h3,5,8,10-11,13H,2,4,6-7,9,12H2,1H3. The lowest BCUT2D eigenvalue weighted by Crippen LogP contribution is -2.42. The third kappa shape index (κ3) is 3.52. The first-order valence-electron chi connectivity index (χ1n) is 7.97. The molecule has 6 heteroatoms. The second-order valence-electron chi connectivity index (χ2n) is 5.98. The van der Waals surface area contributed by atoms with E-state index in [1.165, 1.54) is 0 Å². The van der Waals surface area contributed by atoms with Gasteiger partial charge in [-0.1, -0.05) is 0 Å². The van der Waals surface area contributed by atoms with Crippen molar-refractivity contribution in [3.8, 4) is 0 Å². The molecule has 2 aromatic heterocycles. The van der Waals surface area contributed by atoms with Crippen LogP contribution in [0, 0.1) is 5.92 Å². The molecule has 0 saturated carbocycles. The number of hydrogen-bond acceptors (Lipinski definition) is 4. The van der Waals surface area contributed by atoms with E-state index in [2.05, 4.69) is 4.98 Å². The lowest BCUT2D eigenvalue weighted by Gasteiger charge is -2.32. The number of aryl methyl sites for hydroxylation is 2. The molecule has 0 aliphatic carbocycles. The fourth-order valence-electron chi connectivity index (χ4n) is 3.05. The predicted molar refractivity (Wildman–Crippen MR) is 83.9 cm³/mol. The van der Waals surface area contributed by atoms with Crippen molar-refractivity contribution in [2.24, 2.45) is 13.0 Å². The van der Waals surface area contributed by atoms with Crippen LogP contribution in [-0.2, 0) is 18.3 Å². The van der Waals surface area contributed by atoms with Crippen LogP contribution < -0.4 is 0 Å². The molecule has 1 unspecified atom stereocenters. The van der Waals surface area contributed by atoms with Gasteiger partial charge in [0.15, 0.2) is 5.82 Å². The molecule has 1 amide bonds. The van der Waals surface area contributed by atoms with Gasteiger partial charge in [-0.05, 0) is 25.0 Å². The summed E-state index contributed by atoms with van der Waals surface area (Å²) >= 11 is 0. The Bertz CT molecular complexity index is 675. The molecule has 23 heavy (non-hydrogen) atoms. The molecule has 0 bridgehead atoms. The molecule has 0 N–H and O–H groups in total. The van der Waals surface area contributed by atoms with E-state index >= 15 is 0 Å². The van der Waals surface area contributed by atoms with Gasteiger partial charge in [0.1, 0.15) is 5.76 Å². The smallest absolute Gasteiger partial charge is 0.223 e. The number of piperidine rings is 1. The first-order chi connectivity index (χ1) is 11.1. The molecule has 0 radical (unpaired) electrons. The number of ketones is 1. The van der Waals surface area contributed by atoms with Crippen LogP contribution in [0.25, 0.3) is 0 Å². The van der Waals surface area contributed by atoms with Crippen LogP contribution in [0.2, 0.25) is 0 Å². The molecule has 0 aromatic carbocycles. The highest BCUT2D eigenvalue weighted by molar-refractivity contribution is 5.95. The average molecular weight is 315 g/mol. The number of Topliss-reactive ketones (excluding diaryl/α,β-unsaturated/α-hetero) is 1. The molecule has 1 aliphatic rings. The minimum atomic E-state index is -0.155. The summed E-state index contributed by atoms with van der Waals surface area (Å²) in [6.45, 7) is 1.21. The zero-order valence-electron chi connectivity index (χ0n) is 13.3. The van der Waals surface area contributed by atoms with Gasteiger partial charge < -0.3 is 13.9 Å². The third-order valence-corrected chi connectivity index (χ3v) is 4.35. The fraction of sp³-hybridized carbons (Fsp3) is 0.471. The molecule has 2 aromatic rings. The molecule has 1 atom stereocenters. The van der Waals surface area contributed by atoms with Crippen molar-refractivity contribution in [1.82, 2.24) is 14.5 Å². The quantitative estimate of drug-likeness (QED) is 0.792. The zero-order chi connectivity index (χ0) is 16.2. The zero-order valence-corrected chi connectivity index (χ0v) is 13.3. The van der Waals surface area contributed by atoms with E-state index in [0.29, 0.717) is 25.2 Å². The summed E-state index contributed by atoms with van der Waals surface area (Å²) in [4.78, 5) is 30.9. The number of nitrogens with zero attached hydrogens (tertiary/aromatic N) is 3. The highest BCUT2D eigenvalue weighted by Crippen LogP contribution is 2.21. The Morgan fingerprint density at radius 3 is 3.00 bits per heavy atom. The van der Waals surface area contributed by atoms with Crippen molar-refractivity contribution >= 4 is 11.7 Å². The molecular weight excluding hydrogens is 294 g/mol. The van der Waals surface area contributed by atoms with Crippen LogP contribution in [0.15, 0.2) is 35.2 Å². The van der Waals surface area contributed by atoms with Crippen molar-refractivity contribution in [3.05, 3.63) is 42.4 Å². The number of aromatic nitrogens is 2. The molecule has 3 rings (SSSR count). The Labute approximate surface area is 135 Å². The summed E-state index contributed by atoms with van der Waals surface area (Å²) in [6, 6.07) is 3.69. The summed E-state index contributed by atoms with van der Waals surface area (Å²) in [7, 11) is 1.81. The SMILES string of the molecule is Cn1ccnc1C(=O)C1CCCN(C(=O)CCc2ccco2)C1. The number of amides is 1. The number of carbonyl (C=O) groups excluding carboxylic acids is 2. The minimum Gasteiger partial charge on any atom is -0.469 e. The lowest BCUT2D eigenvalue weighted by molar-refractivity contribution is -0.132. The van der Waals surface area contributed by atoms with E-state index in [1.807, 2.05) is 19.2 Å². The molecule has 1 aliphatic heterocycles. The third-order valence-electron chi connectivity index (χ3n) is 4.35. The summed E-state index contributed by atoms with van der Waals surface area (Å²) in [5, 5.41) is 0. The normalized spacial score (nSPS) is 18.1. The van der Waals surface area contributed by atoms with Crippen LogP contribution >= 0.6 is 0 Å². The van der Waals surface area contributed by atoms with E-state index in [0.717, 1.165) is 25.1 Å². The predicted octanol–water partition coefficient (Wildman–Crippen LogP) is 2.07. The Kier molecular flexibility index (Phi) is 4.60. The van der Waals surface area contributed by atoms with E-state index in [1.54, 1.807) is 28.1 Å². The molecule has 1 saturated heterocycles. The molecule has 6 nitrogen and oxygen atoms in total. The van der Waals surface area contributed by atoms with Crippen LogP contribution in [0.4, 0.5) is 0 Å². The molecule has 0 spiro atoms. The Morgan fingerprint density at radius 1 is 1.43 bits per heavy atom. The highest BCUT2D eigenvalue weighted by Gasteiger charge is 2.30. The van der Waals surface area contributed by atoms with Gasteiger partial charge in [-0.2, -0.15) is 0 Å². The largest absolute Gasteiger partial charge is 0.469 e. The van der Waals surface area contributed by atoms with Crippen molar-refractivity contribution in [3.63, 3.8) is 0 Å². The number of furan rings is 1. The second kappa shape index (κ2) is 6.81. The summed E-state index contributed by atoms with van der Waals surface area (Å²) in [5.74, 6) is 1.24. The molecule has 1 fully saturated rings. The summed E-state index contributed by atoms with van der Waals surface area (Å²) < 4.78 is 6.99. The Balaban J connectivity index is 1.58. The Morgan fingerprint density at radius 2 is 2.30 bits per heavy atom. The number of likely N-dealkylation sites (tertiary alicyclic amines) is 1. The van der Waals surface area contributed by atoms with Gasteiger partial charge in [0.25, 0.3) is 0 Å². The first kappa shape index (κ1) is 15.5. The maximum atomic E-state index is 12.6. The van der Waals surface area contributed by atoms with Gasteiger partial charge in [-0.25, -0.2) is 4.98 Å². The minimum absolute atomic E-state index is 0.0287.